The summed E-state index contributed by atoms with van der Waals surface area (Å²) in [6.07, 6.45) is 1.38. The number of carbonyl (C=O) groups excluding carboxylic acids is 1. The highest BCUT2D eigenvalue weighted by molar-refractivity contribution is 6.04. The Morgan fingerprint density at radius 1 is 1.11 bits per heavy atom. The van der Waals surface area contributed by atoms with Gasteiger partial charge in [-0.2, -0.15) is 19.7 Å². The molecule has 1 aromatic carbocycles. The predicted molar refractivity (Wildman–Crippen MR) is 105 cm³/mol. The summed E-state index contributed by atoms with van der Waals surface area (Å²) in [5.74, 6) is 0.121. The van der Waals surface area contributed by atoms with E-state index in [1.165, 1.54) is 16.4 Å². The van der Waals surface area contributed by atoms with Crippen LogP contribution in [0.25, 0.3) is 5.78 Å². The molecule has 142 valence electrons. The molecule has 4 rings (SSSR count). The van der Waals surface area contributed by atoms with Gasteiger partial charge in [-0.15, -0.1) is 0 Å². The van der Waals surface area contributed by atoms with E-state index in [1.807, 2.05) is 25.5 Å². The summed E-state index contributed by atoms with van der Waals surface area (Å²) in [5, 5.41) is 11.7. The third-order valence-electron chi connectivity index (χ3n) is 4.69. The van der Waals surface area contributed by atoms with Crippen LogP contribution in [0.3, 0.4) is 0 Å². The lowest BCUT2D eigenvalue weighted by molar-refractivity contribution is 0.101. The fourth-order valence-electron chi connectivity index (χ4n) is 3.17. The Hall–Kier alpha value is -3.55. The molecule has 0 aliphatic rings. The maximum absolute atomic E-state index is 12.9. The third kappa shape index (κ3) is 3.24. The van der Waals surface area contributed by atoms with Crippen molar-refractivity contribution in [3.63, 3.8) is 0 Å². The highest BCUT2D eigenvalue weighted by Gasteiger charge is 2.18. The lowest BCUT2D eigenvalue weighted by Crippen LogP contribution is -2.18. The number of anilines is 1. The molecule has 4 aromatic rings. The third-order valence-corrected chi connectivity index (χ3v) is 4.69. The standard InChI is InChI=1S/C20H21N7O/c1-12-5-7-16(8-6-12)10-26-15(4)18(14(3)25-26)24-19(28)17-9-13(2)23-20-21-11-22-27(17)20/h5-9,11H,10H2,1-4H3,(H,24,28). The number of nitrogens with one attached hydrogen (secondary N) is 1. The van der Waals surface area contributed by atoms with Crippen LogP contribution < -0.4 is 5.32 Å². The van der Waals surface area contributed by atoms with E-state index in [0.717, 1.165) is 17.0 Å². The fraction of sp³-hybridized carbons (Fsp3) is 0.250. The molecule has 0 bridgehead atoms. The number of fused-ring (bicyclic) bond motifs is 1. The average Bonchev–Trinajstić information content (AvgIpc) is 3.23. The van der Waals surface area contributed by atoms with Gasteiger partial charge in [0.15, 0.2) is 0 Å². The highest BCUT2D eigenvalue weighted by atomic mass is 16.2. The Balaban J connectivity index is 1.63. The van der Waals surface area contributed by atoms with Gasteiger partial charge in [0.1, 0.15) is 12.0 Å². The molecule has 8 nitrogen and oxygen atoms in total. The van der Waals surface area contributed by atoms with Crippen molar-refractivity contribution in [2.24, 2.45) is 0 Å². The molecule has 0 saturated heterocycles. The molecule has 0 fully saturated rings. The van der Waals surface area contributed by atoms with E-state index in [9.17, 15) is 4.79 Å². The van der Waals surface area contributed by atoms with Gasteiger partial charge >= 0.3 is 0 Å². The molecule has 3 heterocycles. The van der Waals surface area contributed by atoms with Crippen LogP contribution in [-0.2, 0) is 6.54 Å². The monoisotopic (exact) mass is 375 g/mol. The molecule has 0 spiro atoms. The van der Waals surface area contributed by atoms with Crippen LogP contribution in [-0.4, -0.2) is 35.3 Å². The molecule has 0 unspecified atom stereocenters. The zero-order chi connectivity index (χ0) is 19.8. The first kappa shape index (κ1) is 17.8. The van der Waals surface area contributed by atoms with Gasteiger partial charge in [0.25, 0.3) is 11.7 Å². The number of hydrogen-bond acceptors (Lipinski definition) is 5. The van der Waals surface area contributed by atoms with Gasteiger partial charge in [-0.25, -0.2) is 4.98 Å². The lowest BCUT2D eigenvalue weighted by atomic mass is 10.1. The van der Waals surface area contributed by atoms with Crippen LogP contribution in [0, 0.1) is 27.7 Å². The van der Waals surface area contributed by atoms with Crippen LogP contribution in [0.1, 0.15) is 38.7 Å². The second-order valence-corrected chi connectivity index (χ2v) is 6.90. The number of hydrogen-bond donors (Lipinski definition) is 1. The second kappa shape index (κ2) is 6.88. The first-order valence-corrected chi connectivity index (χ1v) is 9.00. The van der Waals surface area contributed by atoms with E-state index >= 15 is 0 Å². The molecule has 8 heteroatoms. The molecule has 28 heavy (non-hydrogen) atoms. The number of rotatable bonds is 4. The Kier molecular flexibility index (Phi) is 4.38. The second-order valence-electron chi connectivity index (χ2n) is 6.90. The minimum Gasteiger partial charge on any atom is -0.317 e. The smallest absolute Gasteiger partial charge is 0.274 e. The van der Waals surface area contributed by atoms with Gasteiger partial charge in [-0.1, -0.05) is 29.8 Å². The molecule has 0 aliphatic heterocycles. The van der Waals surface area contributed by atoms with Crippen LogP contribution in [0.15, 0.2) is 36.7 Å². The summed E-state index contributed by atoms with van der Waals surface area (Å²) in [5.41, 5.74) is 5.82. The van der Waals surface area contributed by atoms with Crippen LogP contribution in [0.2, 0.25) is 0 Å². The van der Waals surface area contributed by atoms with Crippen LogP contribution in [0.5, 0.6) is 0 Å². The minimum absolute atomic E-state index is 0.276. The van der Waals surface area contributed by atoms with E-state index in [1.54, 1.807) is 6.07 Å². The maximum atomic E-state index is 12.9. The Morgan fingerprint density at radius 3 is 2.61 bits per heavy atom. The first-order chi connectivity index (χ1) is 13.4. The first-order valence-electron chi connectivity index (χ1n) is 9.00. The lowest BCUT2D eigenvalue weighted by Gasteiger charge is -2.09. The number of benzene rings is 1. The quantitative estimate of drug-likeness (QED) is 0.592. The summed E-state index contributed by atoms with van der Waals surface area (Å²) in [4.78, 5) is 21.3. The van der Waals surface area contributed by atoms with E-state index in [-0.39, 0.29) is 5.91 Å². The highest BCUT2D eigenvalue weighted by Crippen LogP contribution is 2.21. The van der Waals surface area contributed by atoms with Crippen molar-refractivity contribution in [2.75, 3.05) is 5.32 Å². The predicted octanol–water partition coefficient (Wildman–Crippen LogP) is 2.86. The molecular weight excluding hydrogens is 354 g/mol. The van der Waals surface area contributed by atoms with E-state index in [0.29, 0.717) is 29.4 Å². The molecule has 3 aromatic heterocycles. The Morgan fingerprint density at radius 2 is 1.86 bits per heavy atom. The zero-order valence-corrected chi connectivity index (χ0v) is 16.3. The zero-order valence-electron chi connectivity index (χ0n) is 16.3. The number of nitrogens with zero attached hydrogens (tertiary/aromatic N) is 6. The van der Waals surface area contributed by atoms with E-state index < -0.39 is 0 Å². The SMILES string of the molecule is Cc1ccc(Cn2nc(C)c(NC(=O)c3cc(C)nc4ncnn34)c2C)cc1. The van der Waals surface area contributed by atoms with Crippen molar-refractivity contribution in [3.8, 4) is 0 Å². The van der Waals surface area contributed by atoms with Gasteiger partial charge < -0.3 is 5.32 Å². The van der Waals surface area contributed by atoms with Gasteiger partial charge in [0, 0.05) is 5.69 Å². The Labute approximate surface area is 162 Å². The summed E-state index contributed by atoms with van der Waals surface area (Å²) in [7, 11) is 0. The summed E-state index contributed by atoms with van der Waals surface area (Å²) < 4.78 is 3.34. The van der Waals surface area contributed by atoms with Crippen molar-refractivity contribution < 1.29 is 4.79 Å². The number of aromatic nitrogens is 6. The fourth-order valence-corrected chi connectivity index (χ4v) is 3.17. The maximum Gasteiger partial charge on any atom is 0.274 e. The van der Waals surface area contributed by atoms with Gasteiger partial charge in [-0.3, -0.25) is 9.48 Å². The minimum atomic E-state index is -0.276. The number of carbonyl (C=O) groups is 1. The molecular formula is C20H21N7O. The normalized spacial score (nSPS) is 11.1. The molecule has 1 N–H and O–H groups in total. The van der Waals surface area contributed by atoms with Gasteiger partial charge in [0.05, 0.1) is 23.6 Å². The van der Waals surface area contributed by atoms with Gasteiger partial charge in [0.2, 0.25) is 0 Å². The van der Waals surface area contributed by atoms with Crippen LogP contribution >= 0.6 is 0 Å². The topological polar surface area (TPSA) is 90.0 Å². The molecule has 1 amide bonds. The van der Waals surface area contributed by atoms with E-state index in [4.69, 9.17) is 0 Å². The number of aryl methyl sites for hydroxylation is 3. The van der Waals surface area contributed by atoms with Crippen molar-refractivity contribution in [1.29, 1.82) is 0 Å². The van der Waals surface area contributed by atoms with Crippen molar-refractivity contribution in [1.82, 2.24) is 29.4 Å². The van der Waals surface area contributed by atoms with Crippen molar-refractivity contribution in [2.45, 2.75) is 34.2 Å². The van der Waals surface area contributed by atoms with Crippen LogP contribution in [0.4, 0.5) is 5.69 Å². The molecule has 0 radical (unpaired) electrons. The largest absolute Gasteiger partial charge is 0.317 e. The van der Waals surface area contributed by atoms with Crippen molar-refractivity contribution >= 4 is 17.4 Å². The molecule has 0 atom stereocenters. The molecule has 0 aliphatic carbocycles. The van der Waals surface area contributed by atoms with Crippen molar-refractivity contribution in [3.05, 3.63) is 70.6 Å². The summed E-state index contributed by atoms with van der Waals surface area (Å²) >= 11 is 0. The average molecular weight is 375 g/mol. The molecule has 0 saturated carbocycles. The number of amides is 1. The van der Waals surface area contributed by atoms with E-state index in [2.05, 4.69) is 56.7 Å². The Bertz CT molecular complexity index is 1170. The summed E-state index contributed by atoms with van der Waals surface area (Å²) in [6.45, 7) is 8.36. The van der Waals surface area contributed by atoms with Gasteiger partial charge in [-0.05, 0) is 39.3 Å². The summed E-state index contributed by atoms with van der Waals surface area (Å²) in [6, 6.07) is 10.0.